The lowest BCUT2D eigenvalue weighted by Crippen LogP contribution is -2.14. The zero-order chi connectivity index (χ0) is 15.9. The Labute approximate surface area is 146 Å². The van der Waals surface area contributed by atoms with Crippen molar-refractivity contribution in [1.82, 2.24) is 5.32 Å². The summed E-state index contributed by atoms with van der Waals surface area (Å²) in [6.07, 6.45) is 1.08. The summed E-state index contributed by atoms with van der Waals surface area (Å²) in [4.78, 5) is 0. The van der Waals surface area contributed by atoms with Gasteiger partial charge in [0.25, 0.3) is 0 Å². The Hall–Kier alpha value is -0.930. The van der Waals surface area contributed by atoms with E-state index in [1.54, 1.807) is 12.1 Å². The minimum Gasteiger partial charge on any atom is -0.489 e. The molecule has 2 aromatic rings. The predicted molar refractivity (Wildman–Crippen MR) is 94.2 cm³/mol. The molecule has 0 atom stereocenters. The predicted octanol–water partition coefficient (Wildman–Crippen LogP) is 5.73. The van der Waals surface area contributed by atoms with Gasteiger partial charge in [-0.2, -0.15) is 0 Å². The maximum absolute atomic E-state index is 6.17. The first-order valence-electron chi connectivity index (χ1n) is 7.16. The maximum Gasteiger partial charge on any atom is 0.124 e. The van der Waals surface area contributed by atoms with Crippen LogP contribution < -0.4 is 10.1 Å². The molecule has 0 spiro atoms. The summed E-state index contributed by atoms with van der Waals surface area (Å²) in [5, 5.41) is 5.27. The van der Waals surface area contributed by atoms with E-state index in [2.05, 4.69) is 12.2 Å². The Morgan fingerprint density at radius 3 is 2.41 bits per heavy atom. The highest BCUT2D eigenvalue weighted by Crippen LogP contribution is 2.26. The summed E-state index contributed by atoms with van der Waals surface area (Å²) >= 11 is 18.1. The Balaban J connectivity index is 2.08. The molecule has 1 N–H and O–H groups in total. The molecule has 2 rings (SSSR count). The first kappa shape index (κ1) is 17.4. The summed E-state index contributed by atoms with van der Waals surface area (Å²) in [6, 6.07) is 11.0. The molecule has 0 radical (unpaired) electrons. The van der Waals surface area contributed by atoms with E-state index in [9.17, 15) is 0 Å². The smallest absolute Gasteiger partial charge is 0.124 e. The average molecular weight is 359 g/mol. The van der Waals surface area contributed by atoms with E-state index in [1.807, 2.05) is 24.3 Å². The van der Waals surface area contributed by atoms with E-state index in [0.29, 0.717) is 21.7 Å². The minimum absolute atomic E-state index is 0.387. The number of halogens is 3. The number of ether oxygens (including phenoxy) is 1. The third-order valence-corrected chi connectivity index (χ3v) is 3.99. The topological polar surface area (TPSA) is 21.3 Å². The molecule has 22 heavy (non-hydrogen) atoms. The van der Waals surface area contributed by atoms with Crippen molar-refractivity contribution < 1.29 is 4.74 Å². The first-order valence-corrected chi connectivity index (χ1v) is 8.29. The van der Waals surface area contributed by atoms with Crippen LogP contribution in [-0.2, 0) is 13.2 Å². The summed E-state index contributed by atoms with van der Waals surface area (Å²) in [7, 11) is 0. The maximum atomic E-state index is 6.17. The number of hydrogen-bond acceptors (Lipinski definition) is 2. The Kier molecular flexibility index (Phi) is 6.84. The summed E-state index contributed by atoms with van der Waals surface area (Å²) in [6.45, 7) is 4.19. The lowest BCUT2D eigenvalue weighted by atomic mass is 10.2. The molecule has 0 aliphatic carbocycles. The van der Waals surface area contributed by atoms with Gasteiger partial charge < -0.3 is 10.1 Å². The van der Waals surface area contributed by atoms with Gasteiger partial charge in [0.1, 0.15) is 12.4 Å². The fraction of sp³-hybridized carbons (Fsp3) is 0.294. The molecule has 118 valence electrons. The van der Waals surface area contributed by atoms with Crippen molar-refractivity contribution in [1.29, 1.82) is 0 Å². The van der Waals surface area contributed by atoms with E-state index < -0.39 is 0 Å². The van der Waals surface area contributed by atoms with Gasteiger partial charge in [-0.3, -0.25) is 0 Å². The van der Waals surface area contributed by atoms with Crippen LogP contribution in [0.5, 0.6) is 5.75 Å². The monoisotopic (exact) mass is 357 g/mol. The molecule has 0 saturated carbocycles. The van der Waals surface area contributed by atoms with E-state index in [4.69, 9.17) is 39.5 Å². The van der Waals surface area contributed by atoms with Gasteiger partial charge in [-0.15, -0.1) is 0 Å². The second-order valence-electron chi connectivity index (χ2n) is 4.95. The zero-order valence-corrected chi connectivity index (χ0v) is 14.6. The van der Waals surface area contributed by atoms with Gasteiger partial charge in [0.2, 0.25) is 0 Å². The van der Waals surface area contributed by atoms with Crippen molar-refractivity contribution in [2.45, 2.75) is 26.5 Å². The molecule has 0 bridgehead atoms. The molecule has 0 aromatic heterocycles. The van der Waals surface area contributed by atoms with Crippen molar-refractivity contribution in [2.24, 2.45) is 0 Å². The second kappa shape index (κ2) is 8.64. The number of rotatable bonds is 7. The normalized spacial score (nSPS) is 10.7. The fourth-order valence-electron chi connectivity index (χ4n) is 2.02. The van der Waals surface area contributed by atoms with Crippen molar-refractivity contribution in [3.8, 4) is 5.75 Å². The SMILES string of the molecule is CCCNCc1cc(Cl)ccc1OCc1ccc(Cl)cc1Cl. The van der Waals surface area contributed by atoms with Gasteiger partial charge in [-0.1, -0.05) is 47.8 Å². The number of hydrogen-bond donors (Lipinski definition) is 1. The summed E-state index contributed by atoms with van der Waals surface area (Å²) < 4.78 is 5.90. The van der Waals surface area contributed by atoms with Gasteiger partial charge in [0.05, 0.1) is 0 Å². The summed E-state index contributed by atoms with van der Waals surface area (Å²) in [5.41, 5.74) is 1.93. The fourth-order valence-corrected chi connectivity index (χ4v) is 2.68. The Morgan fingerprint density at radius 1 is 0.955 bits per heavy atom. The summed E-state index contributed by atoms with van der Waals surface area (Å²) in [5.74, 6) is 0.805. The highest BCUT2D eigenvalue weighted by Gasteiger charge is 2.07. The molecule has 5 heteroatoms. The lowest BCUT2D eigenvalue weighted by molar-refractivity contribution is 0.302. The van der Waals surface area contributed by atoms with E-state index in [-0.39, 0.29) is 0 Å². The van der Waals surface area contributed by atoms with Crippen LogP contribution >= 0.6 is 34.8 Å². The van der Waals surface area contributed by atoms with Crippen molar-refractivity contribution >= 4 is 34.8 Å². The first-order chi connectivity index (χ1) is 10.6. The quantitative estimate of drug-likeness (QED) is 0.639. The number of nitrogens with one attached hydrogen (secondary N) is 1. The molecule has 0 amide bonds. The molecule has 0 fully saturated rings. The van der Waals surface area contributed by atoms with Crippen molar-refractivity contribution in [3.63, 3.8) is 0 Å². The molecular formula is C17H18Cl3NO. The van der Waals surface area contributed by atoms with Gasteiger partial charge in [0.15, 0.2) is 0 Å². The molecule has 0 aliphatic heterocycles. The van der Waals surface area contributed by atoms with Crippen molar-refractivity contribution in [2.75, 3.05) is 6.54 Å². The van der Waals surface area contributed by atoms with Crippen LogP contribution in [0.15, 0.2) is 36.4 Å². The molecule has 0 saturated heterocycles. The molecule has 0 aliphatic rings. The van der Waals surface area contributed by atoms with Gasteiger partial charge in [-0.25, -0.2) is 0 Å². The van der Waals surface area contributed by atoms with Crippen LogP contribution in [0.4, 0.5) is 0 Å². The van der Waals surface area contributed by atoms with Gasteiger partial charge >= 0.3 is 0 Å². The third-order valence-electron chi connectivity index (χ3n) is 3.16. The highest BCUT2D eigenvalue weighted by atomic mass is 35.5. The van der Waals surface area contributed by atoms with Crippen LogP contribution in [-0.4, -0.2) is 6.54 Å². The standard InChI is InChI=1S/C17H18Cl3NO/c1-2-7-21-10-13-8-14(18)5-6-17(13)22-11-12-3-4-15(19)9-16(12)20/h3-6,8-9,21H,2,7,10-11H2,1H3. The lowest BCUT2D eigenvalue weighted by Gasteiger charge is -2.13. The van der Waals surface area contributed by atoms with Crippen molar-refractivity contribution in [3.05, 3.63) is 62.6 Å². The Bertz CT molecular complexity index is 631. The van der Waals surface area contributed by atoms with Crippen LogP contribution in [0.3, 0.4) is 0 Å². The average Bonchev–Trinajstić information content (AvgIpc) is 2.48. The van der Waals surface area contributed by atoms with Crippen LogP contribution in [0.1, 0.15) is 24.5 Å². The van der Waals surface area contributed by atoms with Crippen LogP contribution in [0.25, 0.3) is 0 Å². The molecule has 2 nitrogen and oxygen atoms in total. The molecular weight excluding hydrogens is 341 g/mol. The molecule has 0 heterocycles. The van der Waals surface area contributed by atoms with E-state index in [0.717, 1.165) is 36.4 Å². The van der Waals surface area contributed by atoms with E-state index in [1.165, 1.54) is 0 Å². The van der Waals surface area contributed by atoms with Crippen LogP contribution in [0.2, 0.25) is 15.1 Å². The Morgan fingerprint density at radius 2 is 1.68 bits per heavy atom. The number of benzene rings is 2. The molecule has 0 unspecified atom stereocenters. The zero-order valence-electron chi connectivity index (χ0n) is 12.3. The van der Waals surface area contributed by atoms with Gasteiger partial charge in [-0.05, 0) is 43.3 Å². The largest absolute Gasteiger partial charge is 0.489 e. The van der Waals surface area contributed by atoms with Gasteiger partial charge in [0, 0.05) is 32.7 Å². The van der Waals surface area contributed by atoms with E-state index >= 15 is 0 Å². The second-order valence-corrected chi connectivity index (χ2v) is 6.23. The highest BCUT2D eigenvalue weighted by molar-refractivity contribution is 6.35. The van der Waals surface area contributed by atoms with Crippen LogP contribution in [0, 0.1) is 0 Å². The minimum atomic E-state index is 0.387. The third kappa shape index (κ3) is 5.06. The molecule has 2 aromatic carbocycles.